The molecule has 0 saturated carbocycles. The highest BCUT2D eigenvalue weighted by Gasteiger charge is 2.18. The summed E-state index contributed by atoms with van der Waals surface area (Å²) in [7, 11) is 0. The quantitative estimate of drug-likeness (QED) is 0.884. The molecule has 2 aromatic rings. The van der Waals surface area contributed by atoms with Gasteiger partial charge in [-0.3, -0.25) is 4.79 Å². The molecule has 0 unspecified atom stereocenters. The molecule has 0 aliphatic rings. The SMILES string of the molecule is CC(C)[C@@H](N)C(=O)Nc1ccccc1Oc1ccccc1. The van der Waals surface area contributed by atoms with E-state index >= 15 is 0 Å². The van der Waals surface area contributed by atoms with E-state index in [-0.39, 0.29) is 11.8 Å². The van der Waals surface area contributed by atoms with Crippen LogP contribution in [0.15, 0.2) is 54.6 Å². The van der Waals surface area contributed by atoms with Crippen LogP contribution < -0.4 is 15.8 Å². The van der Waals surface area contributed by atoms with Gasteiger partial charge in [-0.1, -0.05) is 44.2 Å². The number of nitrogens with two attached hydrogens (primary N) is 1. The highest BCUT2D eigenvalue weighted by molar-refractivity contribution is 5.96. The highest BCUT2D eigenvalue weighted by Crippen LogP contribution is 2.29. The number of hydrogen-bond acceptors (Lipinski definition) is 3. The van der Waals surface area contributed by atoms with Crippen LogP contribution in [0.3, 0.4) is 0 Å². The topological polar surface area (TPSA) is 64.4 Å². The number of ether oxygens (including phenoxy) is 1. The molecule has 0 heterocycles. The number of hydrogen-bond donors (Lipinski definition) is 2. The summed E-state index contributed by atoms with van der Waals surface area (Å²) >= 11 is 0. The molecule has 0 spiro atoms. The molecule has 1 atom stereocenters. The largest absolute Gasteiger partial charge is 0.455 e. The van der Waals surface area contributed by atoms with E-state index in [1.54, 1.807) is 6.07 Å². The Kier molecular flexibility index (Phi) is 4.95. The Morgan fingerprint density at radius 3 is 2.33 bits per heavy atom. The Balaban J connectivity index is 2.16. The molecule has 0 fully saturated rings. The molecule has 0 radical (unpaired) electrons. The molecular weight excluding hydrogens is 264 g/mol. The number of anilines is 1. The molecule has 4 nitrogen and oxygen atoms in total. The van der Waals surface area contributed by atoms with Gasteiger partial charge in [0.05, 0.1) is 11.7 Å². The second-order valence-electron chi connectivity index (χ2n) is 5.17. The van der Waals surface area contributed by atoms with E-state index in [9.17, 15) is 4.79 Å². The molecule has 0 saturated heterocycles. The summed E-state index contributed by atoms with van der Waals surface area (Å²) in [6.07, 6.45) is 0. The first kappa shape index (κ1) is 15.1. The average Bonchev–Trinajstić information content (AvgIpc) is 2.49. The van der Waals surface area contributed by atoms with Gasteiger partial charge in [0.25, 0.3) is 0 Å². The minimum absolute atomic E-state index is 0.0761. The third-order valence-corrected chi connectivity index (χ3v) is 3.14. The monoisotopic (exact) mass is 284 g/mol. The third kappa shape index (κ3) is 4.07. The van der Waals surface area contributed by atoms with Crippen molar-refractivity contribution in [1.29, 1.82) is 0 Å². The van der Waals surface area contributed by atoms with E-state index in [4.69, 9.17) is 10.5 Å². The summed E-state index contributed by atoms with van der Waals surface area (Å²) in [6.45, 7) is 3.83. The molecule has 2 rings (SSSR count). The zero-order valence-electron chi connectivity index (χ0n) is 12.2. The van der Waals surface area contributed by atoms with Crippen molar-refractivity contribution in [3.8, 4) is 11.5 Å². The average molecular weight is 284 g/mol. The van der Waals surface area contributed by atoms with Crippen molar-refractivity contribution in [1.82, 2.24) is 0 Å². The Morgan fingerprint density at radius 2 is 1.67 bits per heavy atom. The van der Waals surface area contributed by atoms with E-state index in [1.807, 2.05) is 62.4 Å². The van der Waals surface area contributed by atoms with Crippen LogP contribution in [0.1, 0.15) is 13.8 Å². The van der Waals surface area contributed by atoms with Gasteiger partial charge in [-0.25, -0.2) is 0 Å². The molecule has 21 heavy (non-hydrogen) atoms. The van der Waals surface area contributed by atoms with Crippen molar-refractivity contribution in [3.05, 3.63) is 54.6 Å². The second-order valence-corrected chi connectivity index (χ2v) is 5.17. The van der Waals surface area contributed by atoms with Gasteiger partial charge in [-0.15, -0.1) is 0 Å². The Labute approximate surface area is 124 Å². The zero-order chi connectivity index (χ0) is 15.2. The fraction of sp³-hybridized carbons (Fsp3) is 0.235. The van der Waals surface area contributed by atoms with Gasteiger partial charge in [-0.05, 0) is 30.2 Å². The van der Waals surface area contributed by atoms with E-state index in [0.29, 0.717) is 17.2 Å². The number of carbonyl (C=O) groups excluding carboxylic acids is 1. The standard InChI is InChI=1S/C17H20N2O2/c1-12(2)16(18)17(20)19-14-10-6-7-11-15(14)21-13-8-4-3-5-9-13/h3-12,16H,18H2,1-2H3,(H,19,20)/t16-/m1/s1. The smallest absolute Gasteiger partial charge is 0.241 e. The Bertz CT molecular complexity index is 597. The third-order valence-electron chi connectivity index (χ3n) is 3.14. The minimum Gasteiger partial charge on any atom is -0.455 e. The van der Waals surface area contributed by atoms with Crippen LogP contribution in [0.2, 0.25) is 0 Å². The van der Waals surface area contributed by atoms with Gasteiger partial charge in [0.2, 0.25) is 5.91 Å². The van der Waals surface area contributed by atoms with Crippen molar-refractivity contribution in [2.45, 2.75) is 19.9 Å². The maximum absolute atomic E-state index is 12.1. The second kappa shape index (κ2) is 6.90. The lowest BCUT2D eigenvalue weighted by molar-refractivity contribution is -0.118. The van der Waals surface area contributed by atoms with Gasteiger partial charge in [0, 0.05) is 0 Å². The van der Waals surface area contributed by atoms with Gasteiger partial charge in [0.15, 0.2) is 5.75 Å². The van der Waals surface area contributed by atoms with Gasteiger partial charge < -0.3 is 15.8 Å². The number of para-hydroxylation sites is 3. The van der Waals surface area contributed by atoms with Crippen molar-refractivity contribution in [3.63, 3.8) is 0 Å². The fourth-order valence-corrected chi connectivity index (χ4v) is 1.79. The summed E-state index contributed by atoms with van der Waals surface area (Å²) < 4.78 is 5.80. The lowest BCUT2D eigenvalue weighted by Gasteiger charge is -2.17. The van der Waals surface area contributed by atoms with Crippen molar-refractivity contribution < 1.29 is 9.53 Å². The zero-order valence-corrected chi connectivity index (χ0v) is 12.2. The Hall–Kier alpha value is -2.33. The van der Waals surface area contributed by atoms with Gasteiger partial charge >= 0.3 is 0 Å². The molecule has 0 aliphatic carbocycles. The molecule has 0 bridgehead atoms. The summed E-state index contributed by atoms with van der Waals surface area (Å²) in [4.78, 5) is 12.1. The van der Waals surface area contributed by atoms with Gasteiger partial charge in [-0.2, -0.15) is 0 Å². The number of benzene rings is 2. The minimum atomic E-state index is -0.546. The molecule has 110 valence electrons. The van der Waals surface area contributed by atoms with Crippen LogP contribution in [0.5, 0.6) is 11.5 Å². The van der Waals surface area contributed by atoms with Crippen molar-refractivity contribution >= 4 is 11.6 Å². The van der Waals surface area contributed by atoms with Gasteiger partial charge in [0.1, 0.15) is 5.75 Å². The number of amides is 1. The fourth-order valence-electron chi connectivity index (χ4n) is 1.79. The summed E-state index contributed by atoms with van der Waals surface area (Å²) in [5.41, 5.74) is 6.47. The summed E-state index contributed by atoms with van der Waals surface area (Å²) in [6, 6.07) is 16.2. The molecule has 4 heteroatoms. The van der Waals surface area contributed by atoms with E-state index < -0.39 is 6.04 Å². The predicted molar refractivity (Wildman–Crippen MR) is 84.4 cm³/mol. The molecular formula is C17H20N2O2. The van der Waals surface area contributed by atoms with Crippen LogP contribution in [0.4, 0.5) is 5.69 Å². The summed E-state index contributed by atoms with van der Waals surface area (Å²) in [5.74, 6) is 1.17. The van der Waals surface area contributed by atoms with Crippen LogP contribution in [-0.2, 0) is 4.79 Å². The highest BCUT2D eigenvalue weighted by atomic mass is 16.5. The summed E-state index contributed by atoms with van der Waals surface area (Å²) in [5, 5.41) is 2.82. The first-order valence-corrected chi connectivity index (χ1v) is 6.96. The van der Waals surface area contributed by atoms with Crippen LogP contribution >= 0.6 is 0 Å². The van der Waals surface area contributed by atoms with Crippen LogP contribution in [0.25, 0.3) is 0 Å². The molecule has 1 amide bonds. The van der Waals surface area contributed by atoms with E-state index in [0.717, 1.165) is 0 Å². The van der Waals surface area contributed by atoms with Crippen molar-refractivity contribution in [2.75, 3.05) is 5.32 Å². The predicted octanol–water partition coefficient (Wildman–Crippen LogP) is 3.40. The van der Waals surface area contributed by atoms with E-state index in [1.165, 1.54) is 0 Å². The van der Waals surface area contributed by atoms with E-state index in [2.05, 4.69) is 5.32 Å². The maximum Gasteiger partial charge on any atom is 0.241 e. The Morgan fingerprint density at radius 1 is 1.05 bits per heavy atom. The maximum atomic E-state index is 12.1. The normalized spacial score (nSPS) is 12.0. The van der Waals surface area contributed by atoms with Crippen molar-refractivity contribution in [2.24, 2.45) is 11.7 Å². The molecule has 2 aromatic carbocycles. The van der Waals surface area contributed by atoms with Crippen LogP contribution in [0, 0.1) is 5.92 Å². The number of nitrogens with one attached hydrogen (secondary N) is 1. The number of carbonyl (C=O) groups is 1. The first-order chi connectivity index (χ1) is 10.1. The lowest BCUT2D eigenvalue weighted by atomic mass is 10.0. The molecule has 0 aromatic heterocycles. The lowest BCUT2D eigenvalue weighted by Crippen LogP contribution is -2.39. The molecule has 3 N–H and O–H groups in total. The van der Waals surface area contributed by atoms with Crippen LogP contribution in [-0.4, -0.2) is 11.9 Å². The number of rotatable bonds is 5. The first-order valence-electron chi connectivity index (χ1n) is 6.96. The molecule has 0 aliphatic heterocycles.